The molecule has 0 bridgehead atoms. The fourth-order valence-electron chi connectivity index (χ4n) is 2.56. The Morgan fingerprint density at radius 2 is 1.94 bits per heavy atom. The first-order chi connectivity index (χ1) is 14.7. The average Bonchev–Trinajstić information content (AvgIpc) is 2.73. The molecule has 1 heterocycles. The van der Waals surface area contributed by atoms with Gasteiger partial charge in [0.05, 0.1) is 6.61 Å². The quantitative estimate of drug-likeness (QED) is 0.416. The normalized spacial score (nSPS) is 15.7. The third kappa shape index (κ3) is 10.4. The molecule has 0 radical (unpaired) electrons. The summed E-state index contributed by atoms with van der Waals surface area (Å²) in [6.45, 7) is 6.62. The molecular formula is C21H29FN2O7. The van der Waals surface area contributed by atoms with Gasteiger partial charge in [0.1, 0.15) is 18.2 Å². The van der Waals surface area contributed by atoms with E-state index in [1.807, 2.05) is 6.92 Å². The minimum absolute atomic E-state index is 0.0739. The standard InChI is InChI=1S/C17H25FN2O3.C4H4O4/c1-3-4-9-22-15-5-6-16(18)14(10-15)12-23-17(21)20-8-7-19-11-13(20)2;5-3(6)1-2-4(7)8/h5-6,10,13,19H,3-4,7-9,11-12H2,1-2H3;1-2H,(H,5,6)(H,7,8)/t13-;/m1./s1. The van der Waals surface area contributed by atoms with Gasteiger partial charge in [-0.2, -0.15) is 0 Å². The van der Waals surface area contributed by atoms with Crippen LogP contribution in [0.1, 0.15) is 32.3 Å². The molecular weight excluding hydrogens is 411 g/mol. The fraction of sp³-hybridized carbons (Fsp3) is 0.476. The number of piperazine rings is 1. The van der Waals surface area contributed by atoms with Gasteiger partial charge >= 0.3 is 18.0 Å². The Balaban J connectivity index is 0.000000512. The first-order valence-corrected chi connectivity index (χ1v) is 9.93. The zero-order chi connectivity index (χ0) is 23.2. The summed E-state index contributed by atoms with van der Waals surface area (Å²) >= 11 is 0. The number of benzene rings is 1. The van der Waals surface area contributed by atoms with Crippen LogP contribution in [0.5, 0.6) is 5.75 Å². The Hall–Kier alpha value is -3.14. The van der Waals surface area contributed by atoms with Crippen LogP contribution in [0.4, 0.5) is 9.18 Å². The smallest absolute Gasteiger partial charge is 0.410 e. The average molecular weight is 440 g/mol. The predicted molar refractivity (Wildman–Crippen MR) is 110 cm³/mol. The van der Waals surface area contributed by atoms with Crippen LogP contribution < -0.4 is 10.1 Å². The molecule has 1 aliphatic heterocycles. The summed E-state index contributed by atoms with van der Waals surface area (Å²) in [7, 11) is 0. The van der Waals surface area contributed by atoms with Crippen LogP contribution in [0, 0.1) is 5.82 Å². The number of nitrogens with zero attached hydrogens (tertiary/aromatic N) is 1. The van der Waals surface area contributed by atoms with Gasteiger partial charge in [0.25, 0.3) is 0 Å². The van der Waals surface area contributed by atoms with Gasteiger partial charge in [-0.25, -0.2) is 18.8 Å². The number of unbranched alkanes of at least 4 members (excludes halogenated alkanes) is 1. The summed E-state index contributed by atoms with van der Waals surface area (Å²) in [4.78, 5) is 32.9. The highest BCUT2D eigenvalue weighted by Crippen LogP contribution is 2.19. The molecule has 1 aromatic carbocycles. The molecule has 3 N–H and O–H groups in total. The zero-order valence-electron chi connectivity index (χ0n) is 17.7. The van der Waals surface area contributed by atoms with Crippen molar-refractivity contribution >= 4 is 18.0 Å². The number of nitrogens with one attached hydrogen (secondary N) is 1. The second-order valence-electron chi connectivity index (χ2n) is 6.77. The number of carbonyl (C=O) groups excluding carboxylic acids is 1. The molecule has 0 spiro atoms. The number of carbonyl (C=O) groups is 3. The van der Waals surface area contributed by atoms with Crippen LogP contribution in [0.25, 0.3) is 0 Å². The minimum Gasteiger partial charge on any atom is -0.494 e. The number of hydrogen-bond donors (Lipinski definition) is 3. The number of halogens is 1. The van der Waals surface area contributed by atoms with Crippen molar-refractivity contribution in [2.45, 2.75) is 39.3 Å². The van der Waals surface area contributed by atoms with Crippen molar-refractivity contribution in [3.05, 3.63) is 41.7 Å². The maximum absolute atomic E-state index is 13.9. The van der Waals surface area contributed by atoms with E-state index in [0.29, 0.717) is 36.6 Å². The van der Waals surface area contributed by atoms with E-state index in [1.165, 1.54) is 6.07 Å². The first kappa shape index (κ1) is 25.9. The van der Waals surface area contributed by atoms with Gasteiger partial charge in [0.2, 0.25) is 0 Å². The van der Waals surface area contributed by atoms with E-state index < -0.39 is 23.8 Å². The van der Waals surface area contributed by atoms with E-state index in [-0.39, 0.29) is 12.6 Å². The van der Waals surface area contributed by atoms with Crippen LogP contribution in [0.15, 0.2) is 30.4 Å². The lowest BCUT2D eigenvalue weighted by atomic mass is 10.2. The van der Waals surface area contributed by atoms with Crippen LogP contribution in [0.3, 0.4) is 0 Å². The van der Waals surface area contributed by atoms with Crippen molar-refractivity contribution in [2.75, 3.05) is 26.2 Å². The highest BCUT2D eigenvalue weighted by Gasteiger charge is 2.24. The Morgan fingerprint density at radius 3 is 2.52 bits per heavy atom. The van der Waals surface area contributed by atoms with Crippen LogP contribution in [-0.2, 0) is 20.9 Å². The van der Waals surface area contributed by atoms with Crippen molar-refractivity contribution in [2.24, 2.45) is 0 Å². The van der Waals surface area contributed by atoms with Crippen molar-refractivity contribution in [1.29, 1.82) is 0 Å². The van der Waals surface area contributed by atoms with Crippen LogP contribution in [-0.4, -0.2) is 65.4 Å². The lowest BCUT2D eigenvalue weighted by Gasteiger charge is -2.33. The molecule has 0 aliphatic carbocycles. The molecule has 1 fully saturated rings. The molecule has 9 nitrogen and oxygen atoms in total. The Kier molecular flexibility index (Phi) is 11.7. The number of carboxylic acid groups (broad SMARTS) is 2. The van der Waals surface area contributed by atoms with Gasteiger partial charge < -0.3 is 29.9 Å². The monoisotopic (exact) mass is 440 g/mol. The summed E-state index contributed by atoms with van der Waals surface area (Å²) in [5.41, 5.74) is 0.329. The second-order valence-corrected chi connectivity index (χ2v) is 6.77. The first-order valence-electron chi connectivity index (χ1n) is 9.93. The second kappa shape index (κ2) is 14.0. The van der Waals surface area contributed by atoms with Crippen molar-refractivity contribution in [3.8, 4) is 5.75 Å². The van der Waals surface area contributed by atoms with E-state index in [1.54, 1.807) is 17.0 Å². The molecule has 0 saturated carbocycles. The maximum Gasteiger partial charge on any atom is 0.410 e. The third-order valence-corrected chi connectivity index (χ3v) is 4.24. The topological polar surface area (TPSA) is 125 Å². The highest BCUT2D eigenvalue weighted by atomic mass is 19.1. The molecule has 1 aliphatic rings. The molecule has 0 unspecified atom stereocenters. The van der Waals surface area contributed by atoms with E-state index in [2.05, 4.69) is 12.2 Å². The lowest BCUT2D eigenvalue weighted by Crippen LogP contribution is -2.52. The SMILES string of the molecule is CCCCOc1ccc(F)c(COC(=O)N2CCNC[C@H]2C)c1.O=C(O)C=CC(=O)O. The maximum atomic E-state index is 13.9. The number of amides is 1. The number of aliphatic carboxylic acids is 2. The van der Waals surface area contributed by atoms with Crippen molar-refractivity contribution in [1.82, 2.24) is 10.2 Å². The molecule has 172 valence electrons. The lowest BCUT2D eigenvalue weighted by molar-refractivity contribution is -0.134. The van der Waals surface area contributed by atoms with E-state index in [9.17, 15) is 18.8 Å². The summed E-state index contributed by atoms with van der Waals surface area (Å²) in [5.74, 6) is -2.31. The summed E-state index contributed by atoms with van der Waals surface area (Å²) in [5, 5.41) is 18.8. The molecule has 1 saturated heterocycles. The summed E-state index contributed by atoms with van der Waals surface area (Å²) < 4.78 is 24.7. The highest BCUT2D eigenvalue weighted by molar-refractivity contribution is 5.89. The summed E-state index contributed by atoms with van der Waals surface area (Å²) in [6.07, 6.45) is 2.69. The number of hydrogen-bond acceptors (Lipinski definition) is 6. The van der Waals surface area contributed by atoms with Gasteiger partial charge in [-0.3, -0.25) is 0 Å². The van der Waals surface area contributed by atoms with E-state index in [4.69, 9.17) is 19.7 Å². The van der Waals surface area contributed by atoms with Gasteiger partial charge in [0.15, 0.2) is 0 Å². The number of rotatable bonds is 8. The van der Waals surface area contributed by atoms with Crippen LogP contribution in [0.2, 0.25) is 0 Å². The van der Waals surface area contributed by atoms with E-state index in [0.717, 1.165) is 25.9 Å². The Labute approximate surface area is 180 Å². The Bertz CT molecular complexity index is 754. The Morgan fingerprint density at radius 1 is 1.26 bits per heavy atom. The van der Waals surface area contributed by atoms with Crippen LogP contribution >= 0.6 is 0 Å². The largest absolute Gasteiger partial charge is 0.494 e. The number of ether oxygens (including phenoxy) is 2. The molecule has 1 atom stereocenters. The molecule has 10 heteroatoms. The van der Waals surface area contributed by atoms with Gasteiger partial charge in [-0.15, -0.1) is 0 Å². The molecule has 31 heavy (non-hydrogen) atoms. The minimum atomic E-state index is -1.26. The number of carboxylic acids is 2. The van der Waals surface area contributed by atoms with Crippen molar-refractivity contribution < 1.29 is 38.5 Å². The van der Waals surface area contributed by atoms with Gasteiger partial charge in [-0.05, 0) is 31.5 Å². The fourth-order valence-corrected chi connectivity index (χ4v) is 2.56. The third-order valence-electron chi connectivity index (χ3n) is 4.24. The molecule has 2 rings (SSSR count). The zero-order valence-corrected chi connectivity index (χ0v) is 17.7. The van der Waals surface area contributed by atoms with Gasteiger partial charge in [0, 0.05) is 43.4 Å². The molecule has 0 aromatic heterocycles. The van der Waals surface area contributed by atoms with Crippen molar-refractivity contribution in [3.63, 3.8) is 0 Å². The van der Waals surface area contributed by atoms with Gasteiger partial charge in [-0.1, -0.05) is 13.3 Å². The summed E-state index contributed by atoms with van der Waals surface area (Å²) in [6, 6.07) is 4.61. The van der Waals surface area contributed by atoms with E-state index >= 15 is 0 Å². The molecule has 1 amide bonds. The predicted octanol–water partition coefficient (Wildman–Crippen LogP) is 2.65. The molecule has 1 aromatic rings.